The molecule has 0 unspecified atom stereocenters. The summed E-state index contributed by atoms with van der Waals surface area (Å²) in [6.07, 6.45) is 1.49. The molecule has 82 valence electrons. The molecule has 1 aromatic heterocycles. The molecule has 0 fully saturated rings. The number of halogens is 2. The highest BCUT2D eigenvalue weighted by Gasteiger charge is 2.18. The zero-order valence-corrected chi connectivity index (χ0v) is 11.6. The highest BCUT2D eigenvalue weighted by Crippen LogP contribution is 2.25. The van der Waals surface area contributed by atoms with Crippen LogP contribution >= 0.6 is 31.9 Å². The van der Waals surface area contributed by atoms with Gasteiger partial charge in [0.1, 0.15) is 0 Å². The van der Waals surface area contributed by atoms with E-state index < -0.39 is 0 Å². The lowest BCUT2D eigenvalue weighted by Gasteiger charge is -2.04. The molecule has 1 aromatic carbocycles. The van der Waals surface area contributed by atoms with Gasteiger partial charge in [-0.05, 0) is 40.5 Å². The summed E-state index contributed by atoms with van der Waals surface area (Å²) in [6, 6.07) is 7.24. The first kappa shape index (κ1) is 11.6. The molecule has 0 spiro atoms. The maximum absolute atomic E-state index is 12.2. The first-order valence-corrected chi connectivity index (χ1v) is 6.22. The van der Waals surface area contributed by atoms with E-state index in [1.807, 2.05) is 19.1 Å². The Balaban J connectivity index is 2.50. The van der Waals surface area contributed by atoms with Crippen LogP contribution in [-0.4, -0.2) is 5.78 Å². The summed E-state index contributed by atoms with van der Waals surface area (Å²) in [6.45, 7) is 1.90. The van der Waals surface area contributed by atoms with Crippen molar-refractivity contribution in [3.63, 3.8) is 0 Å². The zero-order valence-electron chi connectivity index (χ0n) is 8.46. The second kappa shape index (κ2) is 4.55. The molecule has 0 aliphatic heterocycles. The monoisotopic (exact) mass is 342 g/mol. The van der Waals surface area contributed by atoms with Crippen molar-refractivity contribution in [2.45, 2.75) is 6.92 Å². The Morgan fingerprint density at radius 3 is 2.56 bits per heavy atom. The Morgan fingerprint density at radius 2 is 1.94 bits per heavy atom. The van der Waals surface area contributed by atoms with Gasteiger partial charge in [-0.2, -0.15) is 0 Å². The minimum absolute atomic E-state index is 0.115. The molecule has 0 aliphatic rings. The number of rotatable bonds is 2. The molecule has 0 N–H and O–H groups in total. The van der Waals surface area contributed by atoms with Gasteiger partial charge in [-0.15, -0.1) is 0 Å². The summed E-state index contributed by atoms with van der Waals surface area (Å²) in [5, 5.41) is 0. The first-order chi connectivity index (χ1) is 7.61. The van der Waals surface area contributed by atoms with E-state index in [1.165, 1.54) is 6.26 Å². The average Bonchev–Trinajstić information content (AvgIpc) is 2.68. The number of benzene rings is 1. The van der Waals surface area contributed by atoms with Gasteiger partial charge in [-0.3, -0.25) is 4.79 Å². The third kappa shape index (κ3) is 1.99. The van der Waals surface area contributed by atoms with E-state index >= 15 is 0 Å². The fourth-order valence-corrected chi connectivity index (χ4v) is 2.18. The molecule has 0 atom stereocenters. The number of hydrogen-bond donors (Lipinski definition) is 0. The minimum Gasteiger partial charge on any atom is -0.460 e. The van der Waals surface area contributed by atoms with Crippen molar-refractivity contribution in [1.29, 1.82) is 0 Å². The third-order valence-electron chi connectivity index (χ3n) is 2.34. The van der Waals surface area contributed by atoms with Crippen LogP contribution in [0.25, 0.3) is 0 Å². The van der Waals surface area contributed by atoms with Gasteiger partial charge >= 0.3 is 0 Å². The van der Waals surface area contributed by atoms with Crippen molar-refractivity contribution in [3.8, 4) is 0 Å². The van der Waals surface area contributed by atoms with Gasteiger partial charge < -0.3 is 4.42 Å². The fourth-order valence-electron chi connectivity index (χ4n) is 1.43. The molecule has 2 aromatic rings. The number of ketones is 1. The molecule has 0 saturated heterocycles. The molecule has 0 radical (unpaired) electrons. The smallest absolute Gasteiger partial charge is 0.229 e. The zero-order chi connectivity index (χ0) is 11.7. The van der Waals surface area contributed by atoms with Crippen LogP contribution in [0.4, 0.5) is 0 Å². The molecule has 0 saturated carbocycles. The van der Waals surface area contributed by atoms with Gasteiger partial charge in [0.15, 0.2) is 5.76 Å². The standard InChI is InChI=1S/C12H8Br2O2/c1-7-8(3-2-4-9(7)13)11(15)12-10(14)5-6-16-12/h2-6H,1H3. The Labute approximate surface area is 110 Å². The van der Waals surface area contributed by atoms with Gasteiger partial charge in [-0.25, -0.2) is 0 Å². The first-order valence-electron chi connectivity index (χ1n) is 4.64. The van der Waals surface area contributed by atoms with E-state index in [2.05, 4.69) is 31.9 Å². The van der Waals surface area contributed by atoms with Crippen molar-refractivity contribution in [2.24, 2.45) is 0 Å². The molecule has 2 nitrogen and oxygen atoms in total. The minimum atomic E-state index is -0.115. The van der Waals surface area contributed by atoms with E-state index in [-0.39, 0.29) is 5.78 Å². The Kier molecular flexibility index (Phi) is 3.30. The number of carbonyl (C=O) groups is 1. The van der Waals surface area contributed by atoms with E-state index in [0.717, 1.165) is 10.0 Å². The van der Waals surface area contributed by atoms with Gasteiger partial charge in [0.05, 0.1) is 10.7 Å². The maximum Gasteiger partial charge on any atom is 0.229 e. The average molecular weight is 344 g/mol. The van der Waals surface area contributed by atoms with Gasteiger partial charge in [-0.1, -0.05) is 28.1 Å². The second-order valence-electron chi connectivity index (χ2n) is 3.34. The highest BCUT2D eigenvalue weighted by atomic mass is 79.9. The largest absolute Gasteiger partial charge is 0.460 e. The molecular formula is C12H8Br2O2. The van der Waals surface area contributed by atoms with Crippen molar-refractivity contribution < 1.29 is 9.21 Å². The van der Waals surface area contributed by atoms with Crippen LogP contribution in [0, 0.1) is 6.92 Å². The van der Waals surface area contributed by atoms with Gasteiger partial charge in [0, 0.05) is 10.0 Å². The summed E-state index contributed by atoms with van der Waals surface area (Å²) in [5.41, 5.74) is 1.56. The molecule has 0 bridgehead atoms. The van der Waals surface area contributed by atoms with Crippen LogP contribution in [-0.2, 0) is 0 Å². The predicted molar refractivity (Wildman–Crippen MR) is 68.7 cm³/mol. The van der Waals surface area contributed by atoms with Crippen LogP contribution < -0.4 is 0 Å². The molecule has 0 aliphatic carbocycles. The normalized spacial score (nSPS) is 10.4. The lowest BCUT2D eigenvalue weighted by Crippen LogP contribution is -2.03. The summed E-state index contributed by atoms with van der Waals surface area (Å²) in [4.78, 5) is 12.2. The second-order valence-corrected chi connectivity index (χ2v) is 5.05. The quantitative estimate of drug-likeness (QED) is 0.759. The van der Waals surface area contributed by atoms with E-state index in [4.69, 9.17) is 4.42 Å². The lowest BCUT2D eigenvalue weighted by atomic mass is 10.0. The summed E-state index contributed by atoms with van der Waals surface area (Å²) < 4.78 is 6.76. The van der Waals surface area contributed by atoms with E-state index in [0.29, 0.717) is 15.8 Å². The molecule has 2 rings (SSSR count). The lowest BCUT2D eigenvalue weighted by molar-refractivity contribution is 0.101. The highest BCUT2D eigenvalue weighted by molar-refractivity contribution is 9.10. The number of furan rings is 1. The van der Waals surface area contributed by atoms with Crippen LogP contribution in [0.15, 0.2) is 43.9 Å². The topological polar surface area (TPSA) is 30.2 Å². The van der Waals surface area contributed by atoms with Crippen molar-refractivity contribution >= 4 is 37.6 Å². The van der Waals surface area contributed by atoms with Crippen LogP contribution in [0.3, 0.4) is 0 Å². The van der Waals surface area contributed by atoms with E-state index in [1.54, 1.807) is 12.1 Å². The Morgan fingerprint density at radius 1 is 1.19 bits per heavy atom. The number of hydrogen-bond acceptors (Lipinski definition) is 2. The van der Waals surface area contributed by atoms with Crippen LogP contribution in [0.2, 0.25) is 0 Å². The van der Waals surface area contributed by atoms with Gasteiger partial charge in [0.25, 0.3) is 0 Å². The van der Waals surface area contributed by atoms with Crippen LogP contribution in [0.1, 0.15) is 21.7 Å². The molecule has 0 amide bonds. The molecular weight excluding hydrogens is 336 g/mol. The fraction of sp³-hybridized carbons (Fsp3) is 0.0833. The van der Waals surface area contributed by atoms with Crippen molar-refractivity contribution in [3.05, 3.63) is 56.4 Å². The van der Waals surface area contributed by atoms with Crippen LogP contribution in [0.5, 0.6) is 0 Å². The summed E-state index contributed by atoms with van der Waals surface area (Å²) in [7, 11) is 0. The van der Waals surface area contributed by atoms with Crippen molar-refractivity contribution in [1.82, 2.24) is 0 Å². The molecule has 16 heavy (non-hydrogen) atoms. The van der Waals surface area contributed by atoms with E-state index in [9.17, 15) is 4.79 Å². The Hall–Kier alpha value is -0.870. The van der Waals surface area contributed by atoms with Crippen molar-refractivity contribution in [2.75, 3.05) is 0 Å². The molecule has 4 heteroatoms. The van der Waals surface area contributed by atoms with Gasteiger partial charge in [0.2, 0.25) is 5.78 Å². The summed E-state index contributed by atoms with van der Waals surface area (Å²) in [5.74, 6) is 0.219. The Bertz CT molecular complexity index is 544. The summed E-state index contributed by atoms with van der Waals surface area (Å²) >= 11 is 6.68. The maximum atomic E-state index is 12.2. The predicted octanol–water partition coefficient (Wildman–Crippen LogP) is 4.34. The third-order valence-corrected chi connectivity index (χ3v) is 3.82. The SMILES string of the molecule is Cc1c(Br)cccc1C(=O)c1occc1Br. The molecule has 1 heterocycles. The number of carbonyl (C=O) groups excluding carboxylic acids is 1.